The van der Waals surface area contributed by atoms with E-state index in [4.69, 9.17) is 11.6 Å². The summed E-state index contributed by atoms with van der Waals surface area (Å²) in [4.78, 5) is 12.0. The number of halogens is 1. The van der Waals surface area contributed by atoms with Gasteiger partial charge in [-0.15, -0.1) is 11.8 Å². The molecular formula is C17H18ClNOS2. The molecule has 5 heteroatoms. The second-order valence-electron chi connectivity index (χ2n) is 7.02. The molecule has 22 heavy (non-hydrogen) atoms. The molecule has 0 spiro atoms. The SMILES string of the molecule is O=C1N[C@@H]2S[C@H]3[C@H]4CC[C@H](C4)[C@@H]3[C@H](c3ccc(Cl)cc3)[C@H]2S1. The minimum atomic E-state index is 0.161. The van der Waals surface area contributed by atoms with Gasteiger partial charge in [-0.2, -0.15) is 0 Å². The van der Waals surface area contributed by atoms with Crippen molar-refractivity contribution in [3.05, 3.63) is 34.9 Å². The molecule has 7 atom stereocenters. The van der Waals surface area contributed by atoms with E-state index >= 15 is 0 Å². The second kappa shape index (κ2) is 5.09. The Balaban J connectivity index is 1.58. The van der Waals surface area contributed by atoms with Crippen LogP contribution < -0.4 is 5.32 Å². The number of fused-ring (bicyclic) bond motifs is 6. The Morgan fingerprint density at radius 2 is 1.86 bits per heavy atom. The van der Waals surface area contributed by atoms with Gasteiger partial charge in [-0.25, -0.2) is 0 Å². The summed E-state index contributed by atoms with van der Waals surface area (Å²) in [6.45, 7) is 0. The molecule has 2 aliphatic carbocycles. The maximum Gasteiger partial charge on any atom is 0.280 e. The molecule has 0 aromatic heterocycles. The van der Waals surface area contributed by atoms with Gasteiger partial charge in [0.2, 0.25) is 0 Å². The van der Waals surface area contributed by atoms with Crippen molar-refractivity contribution in [2.75, 3.05) is 0 Å². The number of thioether (sulfide) groups is 2. The first-order valence-corrected chi connectivity index (χ1v) is 10.3. The van der Waals surface area contributed by atoms with Crippen molar-refractivity contribution in [3.63, 3.8) is 0 Å². The van der Waals surface area contributed by atoms with Gasteiger partial charge in [-0.3, -0.25) is 4.79 Å². The molecule has 2 aliphatic heterocycles. The smallest absolute Gasteiger partial charge is 0.280 e. The molecule has 0 radical (unpaired) electrons. The number of hydrogen-bond donors (Lipinski definition) is 1. The number of carbonyl (C=O) groups is 1. The predicted molar refractivity (Wildman–Crippen MR) is 93.6 cm³/mol. The number of nitrogens with one attached hydrogen (secondary N) is 1. The zero-order valence-electron chi connectivity index (χ0n) is 12.1. The Hall–Kier alpha value is -0.320. The lowest BCUT2D eigenvalue weighted by molar-refractivity contribution is 0.257. The van der Waals surface area contributed by atoms with Gasteiger partial charge in [0.15, 0.2) is 0 Å². The number of hydrogen-bond acceptors (Lipinski definition) is 3. The van der Waals surface area contributed by atoms with E-state index in [0.717, 1.165) is 28.0 Å². The van der Waals surface area contributed by atoms with E-state index in [9.17, 15) is 4.79 Å². The van der Waals surface area contributed by atoms with E-state index < -0.39 is 0 Å². The summed E-state index contributed by atoms with van der Waals surface area (Å²) in [5.74, 6) is 2.97. The minimum Gasteiger partial charge on any atom is -0.334 e. The molecule has 2 heterocycles. The summed E-state index contributed by atoms with van der Waals surface area (Å²) >= 11 is 9.67. The van der Waals surface area contributed by atoms with Gasteiger partial charge in [0.1, 0.15) is 0 Å². The second-order valence-corrected chi connectivity index (χ2v) is 9.94. The number of rotatable bonds is 1. The fourth-order valence-corrected chi connectivity index (χ4v) is 8.82. The molecule has 0 unspecified atom stereocenters. The van der Waals surface area contributed by atoms with E-state index in [0.29, 0.717) is 16.5 Å². The van der Waals surface area contributed by atoms with Gasteiger partial charge in [-0.05, 0) is 54.7 Å². The fourth-order valence-electron chi connectivity index (χ4n) is 5.26. The monoisotopic (exact) mass is 351 g/mol. The molecule has 2 nitrogen and oxygen atoms in total. The predicted octanol–water partition coefficient (Wildman–Crippen LogP) is 4.74. The molecule has 1 aromatic carbocycles. The Morgan fingerprint density at radius 1 is 1.09 bits per heavy atom. The van der Waals surface area contributed by atoms with Crippen LogP contribution in [-0.4, -0.2) is 21.1 Å². The fraction of sp³-hybridized carbons (Fsp3) is 0.588. The standard InChI is InChI=1S/C17H18ClNOS2/c18-11-5-3-8(4-6-11)12-13-9-1-2-10(7-9)14(13)21-16-15(12)22-17(20)19-16/h3-6,9-10,12-16H,1-2,7H2,(H,19,20)/t9-,10+,12+,13-,14+,15-,16-/m1/s1. The Labute approximate surface area is 144 Å². The number of amides is 1. The quantitative estimate of drug-likeness (QED) is 0.792. The van der Waals surface area contributed by atoms with E-state index in [-0.39, 0.29) is 5.24 Å². The van der Waals surface area contributed by atoms with Gasteiger partial charge >= 0.3 is 0 Å². The van der Waals surface area contributed by atoms with E-state index in [1.54, 1.807) is 0 Å². The lowest BCUT2D eigenvalue weighted by atomic mass is 9.73. The highest BCUT2D eigenvalue weighted by Crippen LogP contribution is 2.64. The summed E-state index contributed by atoms with van der Waals surface area (Å²) in [6, 6.07) is 8.38. The number of carbonyl (C=O) groups excluding carboxylic acids is 1. The van der Waals surface area contributed by atoms with Crippen molar-refractivity contribution >= 4 is 40.4 Å². The summed E-state index contributed by atoms with van der Waals surface area (Å²) in [5, 5.41) is 5.56. The van der Waals surface area contributed by atoms with Gasteiger partial charge in [0.25, 0.3) is 5.24 Å². The van der Waals surface area contributed by atoms with Crippen molar-refractivity contribution in [1.29, 1.82) is 0 Å². The third-order valence-electron chi connectivity index (χ3n) is 6.03. The van der Waals surface area contributed by atoms with Crippen LogP contribution in [-0.2, 0) is 0 Å². The molecule has 5 rings (SSSR count). The van der Waals surface area contributed by atoms with Crippen LogP contribution in [0.4, 0.5) is 4.79 Å². The molecule has 116 valence electrons. The maximum absolute atomic E-state index is 12.0. The zero-order valence-corrected chi connectivity index (χ0v) is 14.5. The van der Waals surface area contributed by atoms with Gasteiger partial charge in [0.05, 0.1) is 10.6 Å². The van der Waals surface area contributed by atoms with E-state index in [1.165, 1.54) is 36.6 Å². The molecular weight excluding hydrogens is 334 g/mol. The zero-order chi connectivity index (χ0) is 14.8. The Morgan fingerprint density at radius 3 is 2.68 bits per heavy atom. The van der Waals surface area contributed by atoms with Crippen molar-refractivity contribution in [3.8, 4) is 0 Å². The highest BCUT2D eigenvalue weighted by Gasteiger charge is 2.59. The Bertz CT molecular complexity index is 622. The summed E-state index contributed by atoms with van der Waals surface area (Å²) in [6.07, 6.45) is 4.19. The van der Waals surface area contributed by atoms with Crippen molar-refractivity contribution in [1.82, 2.24) is 5.32 Å². The van der Waals surface area contributed by atoms with Gasteiger partial charge in [-0.1, -0.05) is 35.5 Å². The summed E-state index contributed by atoms with van der Waals surface area (Å²) < 4.78 is 0. The molecule has 2 saturated heterocycles. The van der Waals surface area contributed by atoms with E-state index in [1.807, 2.05) is 12.1 Å². The summed E-state index contributed by atoms with van der Waals surface area (Å²) in [5.41, 5.74) is 1.38. The highest BCUT2D eigenvalue weighted by molar-refractivity contribution is 8.15. The lowest BCUT2D eigenvalue weighted by Crippen LogP contribution is -2.46. The average Bonchev–Trinajstić information content (AvgIpc) is 3.19. The highest BCUT2D eigenvalue weighted by atomic mass is 35.5. The first kappa shape index (κ1) is 14.1. The van der Waals surface area contributed by atoms with Crippen LogP contribution in [0.3, 0.4) is 0 Å². The van der Waals surface area contributed by atoms with Crippen LogP contribution in [0.15, 0.2) is 24.3 Å². The first-order valence-electron chi connectivity index (χ1n) is 8.09. The molecule has 1 aromatic rings. The van der Waals surface area contributed by atoms with Crippen LogP contribution in [0, 0.1) is 17.8 Å². The van der Waals surface area contributed by atoms with Crippen molar-refractivity contribution < 1.29 is 4.79 Å². The third kappa shape index (κ3) is 1.99. The van der Waals surface area contributed by atoms with Crippen LogP contribution in [0.25, 0.3) is 0 Å². The van der Waals surface area contributed by atoms with Gasteiger partial charge in [0, 0.05) is 16.2 Å². The average molecular weight is 352 g/mol. The molecule has 4 aliphatic rings. The lowest BCUT2D eigenvalue weighted by Gasteiger charge is -2.46. The molecule has 1 N–H and O–H groups in total. The van der Waals surface area contributed by atoms with E-state index in [2.05, 4.69) is 29.2 Å². The largest absolute Gasteiger partial charge is 0.334 e. The minimum absolute atomic E-state index is 0.161. The van der Waals surface area contributed by atoms with Crippen LogP contribution >= 0.6 is 35.1 Å². The third-order valence-corrected chi connectivity index (χ3v) is 9.34. The molecule has 1 amide bonds. The van der Waals surface area contributed by atoms with Crippen molar-refractivity contribution in [2.24, 2.45) is 17.8 Å². The Kier molecular flexibility index (Phi) is 3.25. The van der Waals surface area contributed by atoms with Crippen LogP contribution in [0.1, 0.15) is 30.7 Å². The summed E-state index contributed by atoms with van der Waals surface area (Å²) in [7, 11) is 0. The van der Waals surface area contributed by atoms with Crippen LogP contribution in [0.2, 0.25) is 5.02 Å². The topological polar surface area (TPSA) is 29.1 Å². The maximum atomic E-state index is 12.0. The van der Waals surface area contributed by atoms with Crippen LogP contribution in [0.5, 0.6) is 0 Å². The molecule has 2 bridgehead atoms. The van der Waals surface area contributed by atoms with Gasteiger partial charge < -0.3 is 5.32 Å². The van der Waals surface area contributed by atoms with Crippen molar-refractivity contribution in [2.45, 2.75) is 41.1 Å². The molecule has 2 saturated carbocycles. The first-order chi connectivity index (χ1) is 10.7. The normalized spacial score (nSPS) is 45.5. The number of benzene rings is 1. The molecule has 4 fully saturated rings.